The SMILES string of the molecule is Cc1cc(Cl)ccc1S(=O)(=O)Nc1ccc(NS(C)(=O)=O)c(Cl)c1. The summed E-state index contributed by atoms with van der Waals surface area (Å²) in [4.78, 5) is 0.0846. The molecule has 0 aromatic heterocycles. The lowest BCUT2D eigenvalue weighted by atomic mass is 10.2. The number of anilines is 2. The Kier molecular flexibility index (Phi) is 5.34. The van der Waals surface area contributed by atoms with Gasteiger partial charge in [-0.2, -0.15) is 0 Å². The minimum atomic E-state index is -3.83. The molecule has 0 saturated heterocycles. The van der Waals surface area contributed by atoms with E-state index in [4.69, 9.17) is 23.2 Å². The van der Waals surface area contributed by atoms with Gasteiger partial charge in [0, 0.05) is 5.02 Å². The van der Waals surface area contributed by atoms with Crippen molar-refractivity contribution in [1.82, 2.24) is 0 Å². The predicted molar refractivity (Wildman–Crippen MR) is 96.9 cm³/mol. The zero-order valence-corrected chi connectivity index (χ0v) is 15.8. The van der Waals surface area contributed by atoms with Crippen molar-refractivity contribution in [2.45, 2.75) is 11.8 Å². The number of rotatable bonds is 5. The number of aryl methyl sites for hydroxylation is 1. The fourth-order valence-electron chi connectivity index (χ4n) is 1.99. The summed E-state index contributed by atoms with van der Waals surface area (Å²) in [5.74, 6) is 0. The Hall–Kier alpha value is -1.48. The highest BCUT2D eigenvalue weighted by Crippen LogP contribution is 2.28. The van der Waals surface area contributed by atoms with Gasteiger partial charge in [-0.05, 0) is 48.9 Å². The molecule has 0 aliphatic rings. The van der Waals surface area contributed by atoms with Crippen LogP contribution in [-0.4, -0.2) is 23.1 Å². The van der Waals surface area contributed by atoms with Crippen LogP contribution in [0.15, 0.2) is 41.3 Å². The molecule has 0 spiro atoms. The van der Waals surface area contributed by atoms with Gasteiger partial charge in [0.05, 0.1) is 27.5 Å². The van der Waals surface area contributed by atoms with E-state index < -0.39 is 20.0 Å². The first-order valence-electron chi connectivity index (χ1n) is 6.54. The van der Waals surface area contributed by atoms with Crippen LogP contribution in [0.25, 0.3) is 0 Å². The molecule has 10 heteroatoms. The molecule has 0 heterocycles. The molecule has 0 saturated carbocycles. The average molecular weight is 409 g/mol. The van der Waals surface area contributed by atoms with E-state index in [1.54, 1.807) is 13.0 Å². The Balaban J connectivity index is 2.32. The number of sulfonamides is 2. The van der Waals surface area contributed by atoms with Crippen LogP contribution in [0, 0.1) is 6.92 Å². The topological polar surface area (TPSA) is 92.3 Å². The minimum Gasteiger partial charge on any atom is -0.282 e. The standard InChI is InChI=1S/C14H14Cl2N2O4S2/c1-9-7-10(15)3-6-14(9)24(21,22)17-11-4-5-13(12(16)8-11)18-23(2,19)20/h3-8,17-18H,1-2H3. The molecule has 130 valence electrons. The quantitative estimate of drug-likeness (QED) is 0.791. The maximum atomic E-state index is 12.4. The number of benzene rings is 2. The van der Waals surface area contributed by atoms with E-state index in [0.29, 0.717) is 10.6 Å². The van der Waals surface area contributed by atoms with E-state index >= 15 is 0 Å². The lowest BCUT2D eigenvalue weighted by Gasteiger charge is -2.12. The maximum absolute atomic E-state index is 12.4. The van der Waals surface area contributed by atoms with Crippen molar-refractivity contribution in [3.8, 4) is 0 Å². The first-order chi connectivity index (χ1) is 11.0. The molecule has 0 fully saturated rings. The van der Waals surface area contributed by atoms with E-state index in [2.05, 4.69) is 9.44 Å². The van der Waals surface area contributed by atoms with Crippen molar-refractivity contribution in [2.24, 2.45) is 0 Å². The van der Waals surface area contributed by atoms with Crippen molar-refractivity contribution in [3.63, 3.8) is 0 Å². The molecule has 24 heavy (non-hydrogen) atoms. The normalized spacial score (nSPS) is 12.0. The number of hydrogen-bond donors (Lipinski definition) is 2. The van der Waals surface area contributed by atoms with Gasteiger partial charge in [0.2, 0.25) is 10.0 Å². The molecule has 0 unspecified atom stereocenters. The summed E-state index contributed by atoms with van der Waals surface area (Å²) in [6.45, 7) is 1.63. The van der Waals surface area contributed by atoms with Gasteiger partial charge in [-0.25, -0.2) is 16.8 Å². The zero-order chi connectivity index (χ0) is 18.1. The molecule has 0 aliphatic carbocycles. The third kappa shape index (κ3) is 4.76. The summed E-state index contributed by atoms with van der Waals surface area (Å²) >= 11 is 11.8. The van der Waals surface area contributed by atoms with Crippen LogP contribution in [0.4, 0.5) is 11.4 Å². The lowest BCUT2D eigenvalue weighted by molar-refractivity contribution is 0.600. The van der Waals surface area contributed by atoms with Crippen molar-refractivity contribution in [1.29, 1.82) is 0 Å². The molecular weight excluding hydrogens is 395 g/mol. The van der Waals surface area contributed by atoms with Crippen LogP contribution in [0.1, 0.15) is 5.56 Å². The second-order valence-corrected chi connectivity index (χ2v) is 9.33. The molecule has 6 nitrogen and oxygen atoms in total. The Morgan fingerprint density at radius 3 is 2.12 bits per heavy atom. The Labute approximate surface area is 150 Å². The molecule has 0 atom stereocenters. The minimum absolute atomic E-state index is 0.0634. The molecular formula is C14H14Cl2N2O4S2. The van der Waals surface area contributed by atoms with E-state index in [-0.39, 0.29) is 21.3 Å². The Morgan fingerprint density at radius 2 is 1.58 bits per heavy atom. The largest absolute Gasteiger partial charge is 0.282 e. The van der Waals surface area contributed by atoms with Crippen LogP contribution in [0.5, 0.6) is 0 Å². The number of nitrogens with one attached hydrogen (secondary N) is 2. The zero-order valence-electron chi connectivity index (χ0n) is 12.7. The first kappa shape index (κ1) is 18.9. The van der Waals surface area contributed by atoms with Gasteiger partial charge < -0.3 is 0 Å². The van der Waals surface area contributed by atoms with Gasteiger partial charge >= 0.3 is 0 Å². The van der Waals surface area contributed by atoms with E-state index in [1.165, 1.54) is 30.3 Å². The van der Waals surface area contributed by atoms with E-state index in [0.717, 1.165) is 6.26 Å². The smallest absolute Gasteiger partial charge is 0.262 e. The number of halogens is 2. The highest BCUT2D eigenvalue weighted by Gasteiger charge is 2.18. The van der Waals surface area contributed by atoms with E-state index in [9.17, 15) is 16.8 Å². The van der Waals surface area contributed by atoms with Gasteiger partial charge in [0.25, 0.3) is 10.0 Å². The van der Waals surface area contributed by atoms with Gasteiger partial charge in [0.1, 0.15) is 0 Å². The van der Waals surface area contributed by atoms with Gasteiger partial charge in [-0.15, -0.1) is 0 Å². The summed E-state index contributed by atoms with van der Waals surface area (Å²) in [7, 11) is -7.32. The average Bonchev–Trinajstić information content (AvgIpc) is 2.39. The molecule has 2 aromatic rings. The fraction of sp³-hybridized carbons (Fsp3) is 0.143. The molecule has 2 N–H and O–H groups in total. The van der Waals surface area contributed by atoms with Crippen molar-refractivity contribution in [3.05, 3.63) is 52.0 Å². The second-order valence-electron chi connectivity index (χ2n) is 5.08. The molecule has 0 radical (unpaired) electrons. The lowest BCUT2D eigenvalue weighted by Crippen LogP contribution is -2.14. The Morgan fingerprint density at radius 1 is 0.917 bits per heavy atom. The molecule has 2 aromatic carbocycles. The summed E-state index contributed by atoms with van der Waals surface area (Å²) in [6.07, 6.45) is 0.989. The summed E-state index contributed by atoms with van der Waals surface area (Å²) in [5, 5.41) is 0.499. The van der Waals surface area contributed by atoms with Gasteiger partial charge in [0.15, 0.2) is 0 Å². The van der Waals surface area contributed by atoms with Crippen molar-refractivity contribution < 1.29 is 16.8 Å². The second kappa shape index (κ2) is 6.79. The van der Waals surface area contributed by atoms with Crippen molar-refractivity contribution >= 4 is 54.6 Å². The highest BCUT2D eigenvalue weighted by molar-refractivity contribution is 7.92. The first-order valence-corrected chi connectivity index (χ1v) is 10.7. The van der Waals surface area contributed by atoms with Crippen LogP contribution in [-0.2, 0) is 20.0 Å². The third-order valence-electron chi connectivity index (χ3n) is 2.94. The van der Waals surface area contributed by atoms with Crippen LogP contribution in [0.2, 0.25) is 10.0 Å². The maximum Gasteiger partial charge on any atom is 0.262 e. The molecule has 0 amide bonds. The molecule has 0 aliphatic heterocycles. The highest BCUT2D eigenvalue weighted by atomic mass is 35.5. The third-order valence-corrected chi connectivity index (χ3v) is 5.62. The van der Waals surface area contributed by atoms with Gasteiger partial charge in [-0.1, -0.05) is 23.2 Å². The van der Waals surface area contributed by atoms with E-state index in [1.807, 2.05) is 0 Å². The predicted octanol–water partition coefficient (Wildman–Crippen LogP) is 3.47. The molecule has 0 bridgehead atoms. The monoisotopic (exact) mass is 408 g/mol. The van der Waals surface area contributed by atoms with Crippen molar-refractivity contribution in [2.75, 3.05) is 15.7 Å². The van der Waals surface area contributed by atoms with Crippen LogP contribution < -0.4 is 9.44 Å². The Bertz CT molecular complexity index is 990. The summed E-state index contributed by atoms with van der Waals surface area (Å²) in [5.41, 5.74) is 0.856. The number of hydrogen-bond acceptors (Lipinski definition) is 4. The summed E-state index contributed by atoms with van der Waals surface area (Å²) in [6, 6.07) is 8.52. The fourth-order valence-corrected chi connectivity index (χ4v) is 4.35. The van der Waals surface area contributed by atoms with Crippen LogP contribution in [0.3, 0.4) is 0 Å². The van der Waals surface area contributed by atoms with Gasteiger partial charge in [-0.3, -0.25) is 9.44 Å². The summed E-state index contributed by atoms with van der Waals surface area (Å²) < 4.78 is 52.0. The van der Waals surface area contributed by atoms with Crippen LogP contribution >= 0.6 is 23.2 Å². The molecule has 2 rings (SSSR count).